The second kappa shape index (κ2) is 11.9. The van der Waals surface area contributed by atoms with Crippen molar-refractivity contribution in [3.05, 3.63) is 35.9 Å². The Hall–Kier alpha value is -2.76. The number of methoxy groups -OCH3 is 1. The molecule has 1 aromatic rings. The van der Waals surface area contributed by atoms with E-state index >= 15 is 0 Å². The van der Waals surface area contributed by atoms with Crippen LogP contribution in [0.5, 0.6) is 0 Å². The zero-order valence-corrected chi connectivity index (χ0v) is 20.1. The van der Waals surface area contributed by atoms with Crippen molar-refractivity contribution in [3.63, 3.8) is 0 Å². The fraction of sp³-hybridized carbons (Fsp3) is 0.500. The Labute approximate surface area is 194 Å². The van der Waals surface area contributed by atoms with Gasteiger partial charge in [-0.2, -0.15) is 4.72 Å². The van der Waals surface area contributed by atoms with Crippen LogP contribution in [0, 0.1) is 5.92 Å². The lowest BCUT2D eigenvalue weighted by Crippen LogP contribution is -2.53. The number of carbonyl (C=O) groups excluding carboxylic acids is 3. The summed E-state index contributed by atoms with van der Waals surface area (Å²) in [5.41, 5.74) is 0.653. The van der Waals surface area contributed by atoms with Gasteiger partial charge in [0.25, 0.3) is 0 Å². The van der Waals surface area contributed by atoms with E-state index in [0.29, 0.717) is 31.9 Å². The highest BCUT2D eigenvalue weighted by molar-refractivity contribution is 7.89. The first-order valence-corrected chi connectivity index (χ1v) is 12.1. The lowest BCUT2D eigenvalue weighted by molar-refractivity contribution is -0.144. The standard InChI is InChI=1S/C22H31N3O7S/c1-15(2)20(21(27)23-16(3)22(28)31-4)24-33(29,30)18-8-5-17(6-9-18)7-10-19(26)25-11-13-32-14-12-25/h5-10,15-16,20,24H,11-14H2,1-4H3,(H,23,27)/b10-7+/t16?,20-/m0/s1. The average Bonchev–Trinajstić information content (AvgIpc) is 2.80. The van der Waals surface area contributed by atoms with Crippen LogP contribution in [0.25, 0.3) is 6.08 Å². The second-order valence-electron chi connectivity index (χ2n) is 7.94. The third-order valence-electron chi connectivity index (χ3n) is 5.08. The first kappa shape index (κ1) is 26.5. The minimum Gasteiger partial charge on any atom is -0.467 e. The Bertz CT molecular complexity index is 968. The number of carbonyl (C=O) groups is 3. The summed E-state index contributed by atoms with van der Waals surface area (Å²) in [4.78, 5) is 38.0. The quantitative estimate of drug-likeness (QED) is 0.389. The summed E-state index contributed by atoms with van der Waals surface area (Å²) < 4.78 is 37.9. The lowest BCUT2D eigenvalue weighted by atomic mass is 10.0. The number of ether oxygens (including phenoxy) is 2. The Kier molecular flexibility index (Phi) is 9.56. The molecule has 1 unspecified atom stereocenters. The number of benzene rings is 1. The number of hydrogen-bond acceptors (Lipinski definition) is 7. The van der Waals surface area contributed by atoms with Gasteiger partial charge in [0.1, 0.15) is 12.1 Å². The third-order valence-corrected chi connectivity index (χ3v) is 6.53. The highest BCUT2D eigenvalue weighted by Gasteiger charge is 2.30. The molecular weight excluding hydrogens is 450 g/mol. The van der Waals surface area contributed by atoms with Crippen molar-refractivity contribution in [2.45, 2.75) is 37.8 Å². The van der Waals surface area contributed by atoms with Crippen LogP contribution >= 0.6 is 0 Å². The van der Waals surface area contributed by atoms with Crippen LogP contribution < -0.4 is 10.0 Å². The van der Waals surface area contributed by atoms with E-state index in [-0.39, 0.29) is 16.7 Å². The van der Waals surface area contributed by atoms with Gasteiger partial charge in [0, 0.05) is 19.2 Å². The van der Waals surface area contributed by atoms with Gasteiger partial charge in [0.2, 0.25) is 21.8 Å². The van der Waals surface area contributed by atoms with Gasteiger partial charge in [0.15, 0.2) is 0 Å². The Morgan fingerprint density at radius 3 is 2.24 bits per heavy atom. The van der Waals surface area contributed by atoms with Gasteiger partial charge < -0.3 is 19.7 Å². The lowest BCUT2D eigenvalue weighted by Gasteiger charge is -2.25. The maximum Gasteiger partial charge on any atom is 0.328 e. The van der Waals surface area contributed by atoms with E-state index in [0.717, 1.165) is 0 Å². The van der Waals surface area contributed by atoms with Gasteiger partial charge in [-0.1, -0.05) is 26.0 Å². The number of rotatable bonds is 9. The maximum atomic E-state index is 12.8. The molecule has 0 aliphatic carbocycles. The number of amides is 2. The summed E-state index contributed by atoms with van der Waals surface area (Å²) in [7, 11) is -2.82. The number of morpholine rings is 1. The molecule has 1 aliphatic rings. The molecule has 182 valence electrons. The Balaban J connectivity index is 2.06. The Morgan fingerprint density at radius 1 is 1.09 bits per heavy atom. The van der Waals surface area contributed by atoms with E-state index in [4.69, 9.17) is 4.74 Å². The SMILES string of the molecule is COC(=O)C(C)NC(=O)[C@@H](NS(=O)(=O)c1ccc(/C=C/C(=O)N2CCOCC2)cc1)C(C)C. The van der Waals surface area contributed by atoms with Crippen molar-refractivity contribution in [3.8, 4) is 0 Å². The van der Waals surface area contributed by atoms with Crippen LogP contribution in [-0.2, 0) is 33.9 Å². The van der Waals surface area contributed by atoms with Gasteiger partial charge in [-0.05, 0) is 36.6 Å². The topological polar surface area (TPSA) is 131 Å². The van der Waals surface area contributed by atoms with E-state index in [1.165, 1.54) is 32.2 Å². The van der Waals surface area contributed by atoms with Gasteiger partial charge in [-0.15, -0.1) is 0 Å². The molecule has 2 N–H and O–H groups in total. The van der Waals surface area contributed by atoms with Gasteiger partial charge in [-0.25, -0.2) is 13.2 Å². The average molecular weight is 482 g/mol. The molecule has 2 amide bonds. The molecule has 2 rings (SSSR count). The minimum atomic E-state index is -4.02. The molecular formula is C22H31N3O7S. The summed E-state index contributed by atoms with van der Waals surface area (Å²) in [6.45, 7) is 6.92. The number of nitrogens with zero attached hydrogens (tertiary/aromatic N) is 1. The number of nitrogens with one attached hydrogen (secondary N) is 2. The molecule has 10 nitrogen and oxygen atoms in total. The van der Waals surface area contributed by atoms with Crippen molar-refractivity contribution < 1.29 is 32.3 Å². The smallest absolute Gasteiger partial charge is 0.328 e. The largest absolute Gasteiger partial charge is 0.467 e. The summed E-state index contributed by atoms with van der Waals surface area (Å²) in [6.07, 6.45) is 3.05. The van der Waals surface area contributed by atoms with E-state index in [2.05, 4.69) is 14.8 Å². The van der Waals surface area contributed by atoms with Crippen LogP contribution in [-0.4, -0.2) is 76.6 Å². The van der Waals surface area contributed by atoms with Crippen molar-refractivity contribution in [2.75, 3.05) is 33.4 Å². The highest BCUT2D eigenvalue weighted by atomic mass is 32.2. The van der Waals surface area contributed by atoms with E-state index in [1.807, 2.05) is 0 Å². The van der Waals surface area contributed by atoms with Gasteiger partial charge >= 0.3 is 5.97 Å². The fourth-order valence-corrected chi connectivity index (χ4v) is 4.43. The first-order valence-electron chi connectivity index (χ1n) is 10.6. The molecule has 0 spiro atoms. The molecule has 33 heavy (non-hydrogen) atoms. The normalized spacial score (nSPS) is 16.5. The molecule has 1 aliphatic heterocycles. The third kappa shape index (κ3) is 7.65. The summed E-state index contributed by atoms with van der Waals surface area (Å²) >= 11 is 0. The van der Waals surface area contributed by atoms with Gasteiger partial charge in [-0.3, -0.25) is 9.59 Å². The van der Waals surface area contributed by atoms with Crippen LogP contribution in [0.1, 0.15) is 26.3 Å². The maximum absolute atomic E-state index is 12.8. The zero-order chi connectivity index (χ0) is 24.6. The summed E-state index contributed by atoms with van der Waals surface area (Å²) in [5, 5.41) is 2.46. The molecule has 0 radical (unpaired) electrons. The number of sulfonamides is 1. The summed E-state index contributed by atoms with van der Waals surface area (Å²) in [6, 6.07) is 3.93. The zero-order valence-electron chi connectivity index (χ0n) is 19.2. The molecule has 2 atom stereocenters. The van der Waals surface area contributed by atoms with Crippen LogP contribution in [0.2, 0.25) is 0 Å². The van der Waals surface area contributed by atoms with Crippen molar-refractivity contribution >= 4 is 33.9 Å². The van der Waals surface area contributed by atoms with Crippen LogP contribution in [0.3, 0.4) is 0 Å². The molecule has 1 aromatic carbocycles. The predicted octanol–water partition coefficient (Wildman–Crippen LogP) is 0.539. The molecule has 0 saturated carbocycles. The van der Waals surface area contributed by atoms with Gasteiger partial charge in [0.05, 0.1) is 25.2 Å². The molecule has 1 fully saturated rings. The van der Waals surface area contributed by atoms with Crippen molar-refractivity contribution in [1.29, 1.82) is 0 Å². The molecule has 0 aromatic heterocycles. The monoisotopic (exact) mass is 481 g/mol. The Morgan fingerprint density at radius 2 is 1.70 bits per heavy atom. The molecule has 11 heteroatoms. The second-order valence-corrected chi connectivity index (χ2v) is 9.65. The minimum absolute atomic E-state index is 0.0291. The van der Waals surface area contributed by atoms with E-state index in [9.17, 15) is 22.8 Å². The van der Waals surface area contributed by atoms with Crippen molar-refractivity contribution in [2.24, 2.45) is 5.92 Å². The highest BCUT2D eigenvalue weighted by Crippen LogP contribution is 2.15. The number of hydrogen-bond donors (Lipinski definition) is 2. The molecule has 1 saturated heterocycles. The van der Waals surface area contributed by atoms with Crippen LogP contribution in [0.4, 0.5) is 0 Å². The summed E-state index contributed by atoms with van der Waals surface area (Å²) in [5.74, 6) is -1.78. The fourth-order valence-electron chi connectivity index (χ4n) is 3.08. The first-order chi connectivity index (χ1) is 15.5. The number of esters is 1. The predicted molar refractivity (Wildman–Crippen MR) is 121 cm³/mol. The molecule has 0 bridgehead atoms. The molecule has 1 heterocycles. The van der Waals surface area contributed by atoms with E-state index in [1.54, 1.807) is 37.0 Å². The van der Waals surface area contributed by atoms with Crippen LogP contribution in [0.15, 0.2) is 35.2 Å². The van der Waals surface area contributed by atoms with Crippen molar-refractivity contribution in [1.82, 2.24) is 14.9 Å². The van der Waals surface area contributed by atoms with E-state index < -0.39 is 34.0 Å².